The van der Waals surface area contributed by atoms with E-state index in [1.54, 1.807) is 116 Å². The number of carbonyl (C=O) groups is 9. The van der Waals surface area contributed by atoms with E-state index in [4.69, 9.17) is 49.3 Å². The van der Waals surface area contributed by atoms with E-state index in [9.17, 15) is 77.9 Å². The van der Waals surface area contributed by atoms with Gasteiger partial charge in [-0.25, -0.2) is 9.36 Å². The number of rotatable bonds is 36. The topological polar surface area (TPSA) is 407 Å². The molecule has 1 fully saturated rings. The number of hydrogen-bond donors (Lipinski definition) is 8. The average Bonchev–Trinajstić information content (AvgIpc) is 0.803. The lowest BCUT2D eigenvalue weighted by atomic mass is 9.71. The second-order valence-corrected chi connectivity index (χ2v) is 37.3. The van der Waals surface area contributed by atoms with Crippen molar-refractivity contribution in [2.24, 2.45) is 0 Å². The highest BCUT2D eigenvalue weighted by atomic mass is 35.5. The van der Waals surface area contributed by atoms with Crippen molar-refractivity contribution in [1.82, 2.24) is 19.7 Å². The zero-order valence-electron chi connectivity index (χ0n) is 69.4. The minimum atomic E-state index is -4.91. The standard InChI is InChI=1S/C48H56N2O14S2.C40H42ClN4O10PS2/c1-26(52)24-61-17-13-29-19-28(11-12-35(29)66-65-18-14-37(54)49(3)4)25-62-47-31-21-48(59,36(53)23-51)22-34(64-38-20-32(43(55)27(2)63-38)50-15-6-7-16-50)40(31)46(58)41-42(47)44(56)30-9-8-10-33(60-5)39(30)45(41)57;1-24(46)22-53-14-12-26-16-25(8-11-36(26)58-57-15-13-37(47)44(2)3)23-54-40(49)42-29-9-10-32-27(17-29)18-33(43-32)39(48)45-21-28(20-41)38-31-7-5-4-6-30(31)35(19-34(38)45)55-56(50,51)52/h6,8-12,15,19,27,32,34,38,43,51,55,58-59H,7,13-14,16-18,20-25H2,1-5H3;4-11,16-19,28,43H,12-15,20-23H2,1-3H3,(H,42,49)(H2,50,51,52). The Bertz CT molecular complexity index is 5470. The molecule has 13 rings (SSSR count). The summed E-state index contributed by atoms with van der Waals surface area (Å²) in [5, 5.41) is 50.4. The van der Waals surface area contributed by atoms with E-state index in [0.717, 1.165) is 38.5 Å². The number of H-pyrrole nitrogens is 1. The van der Waals surface area contributed by atoms with Gasteiger partial charge in [0.15, 0.2) is 29.4 Å². The lowest BCUT2D eigenvalue weighted by Crippen LogP contribution is -2.54. The number of halogens is 1. The minimum absolute atomic E-state index is 0.00140. The SMILES string of the molecule is CC(=O)COCCc1cc(COC(=O)Nc2ccc3[nH]c(C(=O)N4CC(CCl)c5c4cc(OP(=O)(O)O)c4ccccc54)cc3c2)ccc1SSCCC(=O)N(C)C.COc1cccc2c1C(=O)c1c(O)c3c(c(OCc4ccc(SSCCC(=O)N(C)C)c(CCOCC(C)=O)c4)c1C2=O)CC(O)(C(=O)CO)CC3OC1CC(N2C=CCC2)C(O)C(C)O1. The molecule has 4 heterocycles. The van der Waals surface area contributed by atoms with Crippen molar-refractivity contribution in [2.45, 2.75) is 137 Å². The van der Waals surface area contributed by atoms with E-state index in [1.807, 2.05) is 53.6 Å². The maximum atomic E-state index is 14.7. The molecule has 7 unspecified atom stereocenters. The number of aromatic amines is 1. The number of phosphoric ester groups is 1. The first-order valence-electron chi connectivity index (χ1n) is 40.0. The Morgan fingerprint density at radius 3 is 2.01 bits per heavy atom. The molecule has 0 radical (unpaired) electrons. The number of aliphatic hydroxyl groups is 3. The Kier molecular flexibility index (Phi) is 31.7. The fourth-order valence-corrected chi connectivity index (χ4v) is 20.6. The fourth-order valence-electron chi connectivity index (χ4n) is 15.5. The van der Waals surface area contributed by atoms with Crippen molar-refractivity contribution in [3.63, 3.8) is 0 Å². The fraction of sp³-hybridized carbons (Fsp3) is 0.398. The molecule has 3 aliphatic heterocycles. The summed E-state index contributed by atoms with van der Waals surface area (Å²) >= 11 is 6.39. The highest BCUT2D eigenvalue weighted by molar-refractivity contribution is 8.77. The van der Waals surface area contributed by atoms with Crippen LogP contribution in [0, 0.1) is 0 Å². The molecule has 2 aliphatic carbocycles. The van der Waals surface area contributed by atoms with Gasteiger partial charge in [0.25, 0.3) is 5.91 Å². The number of nitrogens with zero attached hydrogens (tertiary/aromatic N) is 4. The predicted molar refractivity (Wildman–Crippen MR) is 471 cm³/mol. The second-order valence-electron chi connectivity index (χ2n) is 30.9. The Balaban J connectivity index is 0.000000228. The largest absolute Gasteiger partial charge is 0.524 e. The summed E-state index contributed by atoms with van der Waals surface area (Å²) in [7, 11) is 9.43. The van der Waals surface area contributed by atoms with Crippen LogP contribution in [0.25, 0.3) is 21.7 Å². The van der Waals surface area contributed by atoms with Crippen molar-refractivity contribution in [2.75, 3.05) is 109 Å². The first-order chi connectivity index (χ1) is 59.3. The number of phosphoric acid groups is 1. The van der Waals surface area contributed by atoms with Crippen LogP contribution in [0.4, 0.5) is 16.2 Å². The number of aliphatic hydroxyl groups excluding tert-OH is 2. The molecule has 8 aromatic rings. The molecule has 660 valence electrons. The van der Waals surface area contributed by atoms with E-state index in [2.05, 4.69) is 10.3 Å². The molecule has 7 atom stereocenters. The number of phenolic OH excluding ortho intramolecular Hbond substituents is 1. The molecule has 5 aliphatic rings. The molecule has 0 spiro atoms. The number of benzene rings is 7. The lowest BCUT2D eigenvalue weighted by Gasteiger charge is -2.45. The summed E-state index contributed by atoms with van der Waals surface area (Å²) in [4.78, 5) is 148. The van der Waals surface area contributed by atoms with Crippen LogP contribution < -0.4 is 24.2 Å². The number of ketones is 5. The summed E-state index contributed by atoms with van der Waals surface area (Å²) in [5.41, 5.74) is 2.76. The monoisotopic (exact) mass is 1820 g/mol. The van der Waals surface area contributed by atoms with Crippen molar-refractivity contribution in [3.05, 3.63) is 188 Å². The molecule has 30 nitrogen and oxygen atoms in total. The maximum absolute atomic E-state index is 14.7. The number of aromatic hydroxyl groups is 1. The predicted octanol–water partition coefficient (Wildman–Crippen LogP) is 12.4. The Morgan fingerprint density at radius 2 is 1.41 bits per heavy atom. The number of Topliss-reactive ketones (excluding diaryl/α,β-unsaturated/α-hetero) is 3. The number of carbonyl (C=O) groups excluding carboxylic acids is 9. The van der Waals surface area contributed by atoms with Gasteiger partial charge in [0.05, 0.1) is 61.0 Å². The molecule has 124 heavy (non-hydrogen) atoms. The normalized spacial score (nSPS) is 18.8. The van der Waals surface area contributed by atoms with Crippen LogP contribution in [0.5, 0.6) is 23.0 Å². The van der Waals surface area contributed by atoms with Crippen LogP contribution in [-0.2, 0) is 84.7 Å². The van der Waals surface area contributed by atoms with E-state index in [1.165, 1.54) is 70.5 Å². The summed E-state index contributed by atoms with van der Waals surface area (Å²) in [6.45, 7) is 4.82. The van der Waals surface area contributed by atoms with Crippen LogP contribution in [0.15, 0.2) is 131 Å². The third-order valence-electron chi connectivity index (χ3n) is 21.6. The van der Waals surface area contributed by atoms with Gasteiger partial charge in [0, 0.05) is 151 Å². The molecule has 1 saturated heterocycles. The number of aromatic nitrogens is 1. The third kappa shape index (κ3) is 22.4. The second kappa shape index (κ2) is 41.9. The van der Waals surface area contributed by atoms with Crippen LogP contribution in [0.2, 0.25) is 0 Å². The molecule has 0 saturated carbocycles. The molecule has 1 aromatic heterocycles. The number of nitrogens with one attached hydrogen (secondary N) is 2. The van der Waals surface area contributed by atoms with Gasteiger partial charge in [-0.15, -0.1) is 11.6 Å². The van der Waals surface area contributed by atoms with Gasteiger partial charge in [-0.2, -0.15) is 0 Å². The Labute approximate surface area is 736 Å². The van der Waals surface area contributed by atoms with Crippen molar-refractivity contribution in [1.29, 1.82) is 0 Å². The minimum Gasteiger partial charge on any atom is -0.507 e. The van der Waals surface area contributed by atoms with Gasteiger partial charge in [-0.3, -0.25) is 53.5 Å². The Hall–Kier alpha value is -9.33. The van der Waals surface area contributed by atoms with Crippen LogP contribution >= 0.6 is 62.6 Å². The molecule has 36 heteroatoms. The third-order valence-corrected chi connectivity index (χ3v) is 27.3. The first-order valence-corrected chi connectivity index (χ1v) is 46.7. The van der Waals surface area contributed by atoms with Gasteiger partial charge in [0.2, 0.25) is 17.6 Å². The number of anilines is 2. The Morgan fingerprint density at radius 1 is 0.766 bits per heavy atom. The smallest absolute Gasteiger partial charge is 0.507 e. The van der Waals surface area contributed by atoms with Gasteiger partial charge >= 0.3 is 13.9 Å². The average molecular weight is 1820 g/mol. The number of hydrogen-bond acceptors (Lipinski definition) is 27. The summed E-state index contributed by atoms with van der Waals surface area (Å²) in [6, 6.07) is 30.7. The highest BCUT2D eigenvalue weighted by Crippen LogP contribution is 2.55. The molecule has 7 aromatic carbocycles. The number of amides is 4. The highest BCUT2D eigenvalue weighted by Gasteiger charge is 2.51. The molecule has 4 amide bonds. The maximum Gasteiger partial charge on any atom is 0.524 e. The van der Waals surface area contributed by atoms with Gasteiger partial charge in [0.1, 0.15) is 73.4 Å². The first kappa shape index (κ1) is 93.8. The van der Waals surface area contributed by atoms with Crippen LogP contribution in [0.3, 0.4) is 0 Å². The molecular formula is C88H98ClN6O24PS4. The van der Waals surface area contributed by atoms with E-state index >= 15 is 0 Å². The van der Waals surface area contributed by atoms with Gasteiger partial charge < -0.3 is 82.7 Å². The number of ether oxygens (including phenoxy) is 7. The van der Waals surface area contributed by atoms with E-state index < -0.39 is 92.7 Å². The van der Waals surface area contributed by atoms with Crippen molar-refractivity contribution >= 4 is 148 Å². The van der Waals surface area contributed by atoms with E-state index in [0.29, 0.717) is 89.0 Å². The number of methoxy groups -OCH3 is 1. The van der Waals surface area contributed by atoms with Gasteiger partial charge in [-0.05, 0) is 122 Å². The summed E-state index contributed by atoms with van der Waals surface area (Å²) < 4.78 is 58.5. The molecule has 8 N–H and O–H groups in total. The summed E-state index contributed by atoms with van der Waals surface area (Å²) in [5.74, 6) is -2.39. The molecular weight excluding hydrogens is 1720 g/mol. The molecule has 0 bridgehead atoms. The zero-order valence-corrected chi connectivity index (χ0v) is 74.3. The number of phenols is 1. The van der Waals surface area contributed by atoms with Crippen LogP contribution in [-0.4, -0.2) is 232 Å². The number of fused-ring (bicyclic) bond motifs is 7. The quantitative estimate of drug-likeness (QED) is 0.00782. The lowest BCUT2D eigenvalue weighted by molar-refractivity contribution is -0.256. The zero-order chi connectivity index (χ0) is 89.0. The van der Waals surface area contributed by atoms with E-state index in [-0.39, 0.29) is 143 Å². The van der Waals surface area contributed by atoms with Crippen LogP contribution in [0.1, 0.15) is 146 Å². The van der Waals surface area contributed by atoms with Gasteiger partial charge in [-0.1, -0.05) is 110 Å². The summed E-state index contributed by atoms with van der Waals surface area (Å²) in [6.07, 6.45) is 0.934. The van der Waals surface area contributed by atoms with Crippen molar-refractivity contribution in [3.8, 4) is 23.0 Å². The van der Waals surface area contributed by atoms with Crippen molar-refractivity contribution < 1.29 is 116 Å². The number of alkyl halides is 1.